The van der Waals surface area contributed by atoms with Crippen LogP contribution < -0.4 is 15.2 Å². The Morgan fingerprint density at radius 3 is 2.53 bits per heavy atom. The lowest BCUT2D eigenvalue weighted by Crippen LogP contribution is -2.21. The second-order valence-electron chi connectivity index (χ2n) is 7.66. The molecule has 2 heterocycles. The van der Waals surface area contributed by atoms with Gasteiger partial charge in [0.25, 0.3) is 0 Å². The Hall–Kier alpha value is -3.21. The molecule has 2 aromatic heterocycles. The first kappa shape index (κ1) is 20.7. The highest BCUT2D eigenvalue weighted by Gasteiger charge is 2.14. The van der Waals surface area contributed by atoms with Gasteiger partial charge in [0.1, 0.15) is 0 Å². The molecule has 0 atom stereocenters. The van der Waals surface area contributed by atoms with Gasteiger partial charge in [-0.2, -0.15) is 5.10 Å². The summed E-state index contributed by atoms with van der Waals surface area (Å²) in [4.78, 5) is 0. The number of nitrogens with zero attached hydrogens (tertiary/aromatic N) is 1. The van der Waals surface area contributed by atoms with Crippen LogP contribution in [0, 0.1) is 0 Å². The van der Waals surface area contributed by atoms with E-state index in [1.54, 1.807) is 0 Å². The molecule has 0 saturated heterocycles. The van der Waals surface area contributed by atoms with Gasteiger partial charge < -0.3 is 5.43 Å². The summed E-state index contributed by atoms with van der Waals surface area (Å²) in [5.74, 6) is 0. The fraction of sp³-hybridized carbons (Fsp3) is 0.107. The summed E-state index contributed by atoms with van der Waals surface area (Å²) in [5.41, 5.74) is 7.44. The van der Waals surface area contributed by atoms with E-state index in [9.17, 15) is 0 Å². The van der Waals surface area contributed by atoms with E-state index < -0.39 is 0 Å². The number of allylic oxidation sites excluding steroid dienone is 1. The van der Waals surface area contributed by atoms with Crippen molar-refractivity contribution in [3.05, 3.63) is 94.2 Å². The van der Waals surface area contributed by atoms with Crippen molar-refractivity contribution in [1.29, 1.82) is 0 Å². The van der Waals surface area contributed by atoms with Gasteiger partial charge in [-0.3, -0.25) is 0 Å². The van der Waals surface area contributed by atoms with Crippen LogP contribution in [0.25, 0.3) is 41.9 Å². The van der Waals surface area contributed by atoms with Gasteiger partial charge in [-0.25, -0.2) is 0 Å². The van der Waals surface area contributed by atoms with Crippen LogP contribution in [-0.4, -0.2) is 12.8 Å². The van der Waals surface area contributed by atoms with Crippen LogP contribution >= 0.6 is 22.7 Å². The number of rotatable bonds is 4. The molecular weight excluding hydrogens is 428 g/mol. The highest BCUT2D eigenvalue weighted by Crippen LogP contribution is 2.38. The molecule has 0 amide bonds. The van der Waals surface area contributed by atoms with Crippen molar-refractivity contribution >= 4 is 70.3 Å². The molecule has 5 rings (SSSR count). The van der Waals surface area contributed by atoms with Crippen LogP contribution in [0.15, 0.2) is 78.4 Å². The van der Waals surface area contributed by atoms with Gasteiger partial charge in [-0.05, 0) is 48.7 Å². The second-order valence-corrected chi connectivity index (χ2v) is 9.82. The maximum atomic E-state index is 4.35. The maximum absolute atomic E-state index is 4.35. The van der Waals surface area contributed by atoms with E-state index in [-0.39, 0.29) is 0 Å². The molecule has 0 radical (unpaired) electrons. The molecule has 0 bridgehead atoms. The number of hydrogen-bond donors (Lipinski definition) is 1. The number of fused-ring (bicyclic) bond motifs is 4. The number of benzene rings is 3. The van der Waals surface area contributed by atoms with Crippen molar-refractivity contribution in [2.75, 3.05) is 7.05 Å². The number of nitrogens with one attached hydrogen (secondary N) is 1. The molecule has 0 aliphatic carbocycles. The van der Waals surface area contributed by atoms with Gasteiger partial charge in [-0.15, -0.1) is 22.7 Å². The Balaban J connectivity index is 1.89. The van der Waals surface area contributed by atoms with E-state index in [4.69, 9.17) is 0 Å². The summed E-state index contributed by atoms with van der Waals surface area (Å²) in [7, 11) is 1.83. The third kappa shape index (κ3) is 3.27. The minimum atomic E-state index is 0.985. The molecule has 158 valence electrons. The topological polar surface area (TPSA) is 24.4 Å². The number of hydrazone groups is 1. The lowest BCUT2D eigenvalue weighted by molar-refractivity contribution is 0.900. The van der Waals surface area contributed by atoms with Crippen molar-refractivity contribution in [1.82, 2.24) is 5.43 Å². The molecule has 0 fully saturated rings. The minimum Gasteiger partial charge on any atom is -0.313 e. The largest absolute Gasteiger partial charge is 0.313 e. The van der Waals surface area contributed by atoms with Gasteiger partial charge in [-0.1, -0.05) is 61.2 Å². The highest BCUT2D eigenvalue weighted by atomic mass is 32.1. The molecule has 1 N–H and O–H groups in total. The quantitative estimate of drug-likeness (QED) is 0.248. The van der Waals surface area contributed by atoms with Crippen molar-refractivity contribution in [2.24, 2.45) is 5.10 Å². The summed E-state index contributed by atoms with van der Waals surface area (Å²) >= 11 is 3.68. The summed E-state index contributed by atoms with van der Waals surface area (Å²) < 4.78 is 5.16. The van der Waals surface area contributed by atoms with Crippen LogP contribution in [-0.2, 0) is 0 Å². The summed E-state index contributed by atoms with van der Waals surface area (Å²) in [6.45, 7) is 8.39. The third-order valence-electron chi connectivity index (χ3n) is 5.84. The molecule has 0 aliphatic rings. The van der Waals surface area contributed by atoms with E-state index in [0.29, 0.717) is 0 Å². The highest BCUT2D eigenvalue weighted by molar-refractivity contribution is 7.25. The van der Waals surface area contributed by atoms with Gasteiger partial charge in [0.15, 0.2) is 0 Å². The zero-order valence-electron chi connectivity index (χ0n) is 18.4. The molecule has 32 heavy (non-hydrogen) atoms. The van der Waals surface area contributed by atoms with E-state index in [0.717, 1.165) is 11.3 Å². The normalized spacial score (nSPS) is 13.8. The Morgan fingerprint density at radius 2 is 1.75 bits per heavy atom. The average molecular weight is 453 g/mol. The van der Waals surface area contributed by atoms with Gasteiger partial charge >= 0.3 is 0 Å². The SMILES string of the molecule is C=C/C(c1cccc2sc3cc(/C(C)=N/NC)ccc3c12)=c1\c(=C/C)sc2ccccc12. The van der Waals surface area contributed by atoms with Crippen LogP contribution in [0.5, 0.6) is 0 Å². The zero-order valence-corrected chi connectivity index (χ0v) is 20.0. The zero-order chi connectivity index (χ0) is 22.2. The van der Waals surface area contributed by atoms with E-state index in [1.165, 1.54) is 51.1 Å². The Kier molecular flexibility index (Phi) is 5.41. The fourth-order valence-corrected chi connectivity index (χ4v) is 6.67. The Labute approximate surface area is 195 Å². The predicted molar refractivity (Wildman–Crippen MR) is 145 cm³/mol. The second kappa shape index (κ2) is 8.38. The van der Waals surface area contributed by atoms with Crippen molar-refractivity contribution in [2.45, 2.75) is 13.8 Å². The monoisotopic (exact) mass is 452 g/mol. The summed E-state index contributed by atoms with van der Waals surface area (Å²) in [6.07, 6.45) is 4.24. The molecule has 4 heteroatoms. The summed E-state index contributed by atoms with van der Waals surface area (Å²) in [5, 5.41) is 9.50. The number of thiophene rings is 2. The van der Waals surface area contributed by atoms with Crippen molar-refractivity contribution in [3.63, 3.8) is 0 Å². The molecule has 0 spiro atoms. The van der Waals surface area contributed by atoms with Gasteiger partial charge in [0, 0.05) is 47.1 Å². The van der Waals surface area contributed by atoms with Gasteiger partial charge in [0.05, 0.1) is 5.71 Å². The van der Waals surface area contributed by atoms with Crippen LogP contribution in [0.4, 0.5) is 0 Å². The first-order valence-corrected chi connectivity index (χ1v) is 12.3. The molecule has 0 aliphatic heterocycles. The smallest absolute Gasteiger partial charge is 0.0644 e. The lowest BCUT2D eigenvalue weighted by Gasteiger charge is -2.07. The molecule has 3 aromatic carbocycles. The van der Waals surface area contributed by atoms with Gasteiger partial charge in [0.2, 0.25) is 0 Å². The standard InChI is InChI=1S/C28H24N2S2/c1-5-19(27-21-10-7-8-12-24(21)31-23(27)6-2)20-11-9-13-25-28(20)22-15-14-18(16-26(22)32-25)17(3)30-29-4/h5-16,29H,1H2,2-4H3/b23-6+,27-19+,30-17+. The summed E-state index contributed by atoms with van der Waals surface area (Å²) in [6, 6.07) is 21.9. The first-order chi connectivity index (χ1) is 15.7. The van der Waals surface area contributed by atoms with Crippen LogP contribution in [0.1, 0.15) is 25.0 Å². The van der Waals surface area contributed by atoms with E-state index >= 15 is 0 Å². The molecule has 5 aromatic rings. The average Bonchev–Trinajstić information content (AvgIpc) is 3.38. The molecule has 0 unspecified atom stereocenters. The Morgan fingerprint density at radius 1 is 0.938 bits per heavy atom. The van der Waals surface area contributed by atoms with Crippen LogP contribution in [0.2, 0.25) is 0 Å². The minimum absolute atomic E-state index is 0.985. The van der Waals surface area contributed by atoms with E-state index in [2.05, 4.69) is 90.8 Å². The van der Waals surface area contributed by atoms with Crippen LogP contribution in [0.3, 0.4) is 0 Å². The third-order valence-corrected chi connectivity index (χ3v) is 8.20. The Bertz CT molecular complexity index is 1650. The van der Waals surface area contributed by atoms with Crippen molar-refractivity contribution < 1.29 is 0 Å². The van der Waals surface area contributed by atoms with Crippen molar-refractivity contribution in [3.8, 4) is 0 Å². The van der Waals surface area contributed by atoms with E-state index in [1.807, 2.05) is 42.7 Å². The fourth-order valence-electron chi connectivity index (χ4n) is 4.40. The predicted octanol–water partition coefficient (Wildman–Crippen LogP) is 6.40. The lowest BCUT2D eigenvalue weighted by atomic mass is 9.96. The molecule has 0 saturated carbocycles. The molecule has 2 nitrogen and oxygen atoms in total. The maximum Gasteiger partial charge on any atom is 0.0644 e. The first-order valence-electron chi connectivity index (χ1n) is 10.6. The number of hydrogen-bond acceptors (Lipinski definition) is 4. The molecular formula is C28H24N2S2.